The smallest absolute Gasteiger partial charge is 0.227 e. The van der Waals surface area contributed by atoms with E-state index in [4.69, 9.17) is 28.3 Å². The molecule has 1 aromatic carbocycles. The lowest BCUT2D eigenvalue weighted by Gasteiger charge is -2.18. The summed E-state index contributed by atoms with van der Waals surface area (Å²) < 4.78 is 22.1. The zero-order valence-electron chi connectivity index (χ0n) is 9.84. The highest BCUT2D eigenvalue weighted by atomic mass is 35.5. The van der Waals surface area contributed by atoms with Crippen molar-refractivity contribution in [1.29, 1.82) is 0 Å². The SMILES string of the molecule is NS(=O)(=O)CC1CC(=O)N(c2cc(Cl)ccc2Cl)C1. The summed E-state index contributed by atoms with van der Waals surface area (Å²) in [6, 6.07) is 4.80. The van der Waals surface area contributed by atoms with Crippen LogP contribution in [-0.4, -0.2) is 26.6 Å². The molecule has 1 saturated heterocycles. The number of nitrogens with two attached hydrogens (primary N) is 1. The Kier molecular flexibility index (Phi) is 4.06. The second-order valence-corrected chi connectivity index (χ2v) is 7.00. The lowest BCUT2D eigenvalue weighted by atomic mass is 10.1. The fourth-order valence-electron chi connectivity index (χ4n) is 2.15. The van der Waals surface area contributed by atoms with Gasteiger partial charge in [0.05, 0.1) is 16.5 Å². The standard InChI is InChI=1S/C11H12Cl2N2O3S/c12-8-1-2-9(13)10(4-8)15-5-7(3-11(15)16)6-19(14,17)18/h1-2,4,7H,3,5-6H2,(H2,14,17,18). The van der Waals surface area contributed by atoms with Crippen LogP contribution in [0.5, 0.6) is 0 Å². The van der Waals surface area contributed by atoms with Gasteiger partial charge in [-0.05, 0) is 18.2 Å². The van der Waals surface area contributed by atoms with E-state index in [0.717, 1.165) is 0 Å². The number of nitrogens with zero attached hydrogens (tertiary/aromatic N) is 1. The van der Waals surface area contributed by atoms with E-state index in [-0.39, 0.29) is 30.5 Å². The molecule has 1 fully saturated rings. The molecule has 0 radical (unpaired) electrons. The van der Waals surface area contributed by atoms with Crippen LogP contribution in [0.3, 0.4) is 0 Å². The maximum atomic E-state index is 11.9. The lowest BCUT2D eigenvalue weighted by Crippen LogP contribution is -2.27. The Balaban J connectivity index is 2.23. The van der Waals surface area contributed by atoms with Crippen LogP contribution in [0.1, 0.15) is 6.42 Å². The molecule has 19 heavy (non-hydrogen) atoms. The van der Waals surface area contributed by atoms with Crippen LogP contribution in [-0.2, 0) is 14.8 Å². The number of carbonyl (C=O) groups is 1. The molecule has 0 aliphatic carbocycles. The van der Waals surface area contributed by atoms with Gasteiger partial charge in [0.25, 0.3) is 0 Å². The van der Waals surface area contributed by atoms with Crippen molar-refractivity contribution < 1.29 is 13.2 Å². The van der Waals surface area contributed by atoms with E-state index >= 15 is 0 Å². The fraction of sp³-hybridized carbons (Fsp3) is 0.364. The maximum Gasteiger partial charge on any atom is 0.227 e. The average molecular weight is 323 g/mol. The first-order valence-electron chi connectivity index (χ1n) is 5.52. The van der Waals surface area contributed by atoms with Gasteiger partial charge in [0.15, 0.2) is 0 Å². The Labute approximate surface area is 121 Å². The summed E-state index contributed by atoms with van der Waals surface area (Å²) in [6.45, 7) is 0.273. The number of rotatable bonds is 3. The van der Waals surface area contributed by atoms with E-state index in [1.54, 1.807) is 18.2 Å². The molecule has 1 aliphatic heterocycles. The van der Waals surface area contributed by atoms with E-state index in [2.05, 4.69) is 0 Å². The van der Waals surface area contributed by atoms with Crippen molar-refractivity contribution in [2.45, 2.75) is 6.42 Å². The Bertz CT molecular complexity index is 618. The minimum absolute atomic E-state index is 0.138. The number of carbonyl (C=O) groups excluding carboxylic acids is 1. The molecular weight excluding hydrogens is 311 g/mol. The van der Waals surface area contributed by atoms with Crippen LogP contribution in [0.25, 0.3) is 0 Å². The third-order valence-electron chi connectivity index (χ3n) is 2.87. The van der Waals surface area contributed by atoms with Crippen LogP contribution < -0.4 is 10.0 Å². The molecule has 104 valence electrons. The van der Waals surface area contributed by atoms with Gasteiger partial charge in [-0.3, -0.25) is 4.79 Å². The first kappa shape index (κ1) is 14.6. The number of primary sulfonamides is 1. The summed E-state index contributed by atoms with van der Waals surface area (Å²) in [7, 11) is -3.59. The molecule has 1 heterocycles. The highest BCUT2D eigenvalue weighted by Crippen LogP contribution is 2.33. The molecule has 0 saturated carbocycles. The summed E-state index contributed by atoms with van der Waals surface area (Å²) in [5.74, 6) is -0.719. The minimum atomic E-state index is -3.59. The molecule has 0 aromatic heterocycles. The van der Waals surface area contributed by atoms with Crippen molar-refractivity contribution in [1.82, 2.24) is 0 Å². The monoisotopic (exact) mass is 322 g/mol. The van der Waals surface area contributed by atoms with Crippen molar-refractivity contribution >= 4 is 44.8 Å². The first-order valence-corrected chi connectivity index (χ1v) is 7.99. The van der Waals surface area contributed by atoms with Crippen molar-refractivity contribution in [2.75, 3.05) is 17.2 Å². The molecule has 8 heteroatoms. The number of anilines is 1. The highest BCUT2D eigenvalue weighted by Gasteiger charge is 2.33. The summed E-state index contributed by atoms with van der Waals surface area (Å²) in [5, 5.41) is 5.85. The van der Waals surface area contributed by atoms with Crippen LogP contribution >= 0.6 is 23.2 Å². The zero-order chi connectivity index (χ0) is 14.2. The number of hydrogen-bond acceptors (Lipinski definition) is 3. The molecular formula is C11H12Cl2N2O3S. The zero-order valence-corrected chi connectivity index (χ0v) is 12.2. The van der Waals surface area contributed by atoms with Gasteiger partial charge in [-0.1, -0.05) is 23.2 Å². The molecule has 1 unspecified atom stereocenters. The third-order valence-corrected chi connectivity index (χ3v) is 4.36. The van der Waals surface area contributed by atoms with Crippen molar-refractivity contribution in [3.05, 3.63) is 28.2 Å². The van der Waals surface area contributed by atoms with Gasteiger partial charge in [0.2, 0.25) is 15.9 Å². The van der Waals surface area contributed by atoms with Crippen LogP contribution in [0.2, 0.25) is 10.0 Å². The van der Waals surface area contributed by atoms with E-state index in [9.17, 15) is 13.2 Å². The molecule has 0 spiro atoms. The number of amides is 1. The first-order chi connectivity index (χ1) is 8.76. The normalized spacial score (nSPS) is 20.1. The second kappa shape index (κ2) is 5.28. The molecule has 5 nitrogen and oxygen atoms in total. The topological polar surface area (TPSA) is 80.5 Å². The van der Waals surface area contributed by atoms with E-state index in [0.29, 0.717) is 15.7 Å². The number of sulfonamides is 1. The molecule has 2 rings (SSSR count). The van der Waals surface area contributed by atoms with Gasteiger partial charge in [-0.15, -0.1) is 0 Å². The Morgan fingerprint density at radius 1 is 1.37 bits per heavy atom. The quantitative estimate of drug-likeness (QED) is 0.918. The minimum Gasteiger partial charge on any atom is -0.311 e. The van der Waals surface area contributed by atoms with Gasteiger partial charge in [-0.2, -0.15) is 0 Å². The van der Waals surface area contributed by atoms with Gasteiger partial charge in [0.1, 0.15) is 0 Å². The van der Waals surface area contributed by atoms with Crippen molar-refractivity contribution in [3.8, 4) is 0 Å². The molecule has 2 N–H and O–H groups in total. The van der Waals surface area contributed by atoms with Crippen LogP contribution in [0.15, 0.2) is 18.2 Å². The van der Waals surface area contributed by atoms with Gasteiger partial charge in [0, 0.05) is 23.9 Å². The maximum absolute atomic E-state index is 11.9. The summed E-state index contributed by atoms with van der Waals surface area (Å²) in [6.07, 6.45) is 0.138. The lowest BCUT2D eigenvalue weighted by molar-refractivity contribution is -0.117. The van der Waals surface area contributed by atoms with Crippen LogP contribution in [0, 0.1) is 5.92 Å². The van der Waals surface area contributed by atoms with Crippen molar-refractivity contribution in [2.24, 2.45) is 11.1 Å². The van der Waals surface area contributed by atoms with Gasteiger partial charge >= 0.3 is 0 Å². The number of halogens is 2. The Morgan fingerprint density at radius 3 is 2.68 bits per heavy atom. The fourth-order valence-corrected chi connectivity index (χ4v) is 3.41. The molecule has 1 atom stereocenters. The molecule has 0 bridgehead atoms. The highest BCUT2D eigenvalue weighted by molar-refractivity contribution is 7.89. The van der Waals surface area contributed by atoms with Crippen LogP contribution in [0.4, 0.5) is 5.69 Å². The summed E-state index contributed by atoms with van der Waals surface area (Å²) in [4.78, 5) is 13.4. The molecule has 1 aliphatic rings. The molecule has 1 amide bonds. The second-order valence-electron chi connectivity index (χ2n) is 4.50. The Hall–Kier alpha value is -0.820. The van der Waals surface area contributed by atoms with E-state index in [1.807, 2.05) is 0 Å². The van der Waals surface area contributed by atoms with Crippen molar-refractivity contribution in [3.63, 3.8) is 0 Å². The van der Waals surface area contributed by atoms with Gasteiger partial charge in [-0.25, -0.2) is 13.6 Å². The summed E-state index contributed by atoms with van der Waals surface area (Å²) in [5.41, 5.74) is 0.496. The van der Waals surface area contributed by atoms with E-state index < -0.39 is 10.0 Å². The predicted molar refractivity (Wildman–Crippen MR) is 74.9 cm³/mol. The molecule has 1 aromatic rings. The number of hydrogen-bond donors (Lipinski definition) is 1. The largest absolute Gasteiger partial charge is 0.311 e. The third kappa shape index (κ3) is 3.60. The number of benzene rings is 1. The predicted octanol–water partition coefficient (Wildman–Crippen LogP) is 1.63. The average Bonchev–Trinajstić information content (AvgIpc) is 2.60. The van der Waals surface area contributed by atoms with E-state index in [1.165, 1.54) is 4.90 Å². The Morgan fingerprint density at radius 2 is 2.05 bits per heavy atom. The van der Waals surface area contributed by atoms with Gasteiger partial charge < -0.3 is 4.90 Å². The summed E-state index contributed by atoms with van der Waals surface area (Å²) >= 11 is 11.9.